The van der Waals surface area contributed by atoms with E-state index in [1.54, 1.807) is 47.1 Å². The first kappa shape index (κ1) is 59.1. The number of hydrogen-bond acceptors (Lipinski definition) is 17. The van der Waals surface area contributed by atoms with Crippen LogP contribution in [0, 0.1) is 5.41 Å². The van der Waals surface area contributed by atoms with E-state index in [0.717, 1.165) is 33.7 Å². The molecule has 0 aromatic heterocycles. The highest BCUT2D eigenvalue weighted by Crippen LogP contribution is 2.52. The van der Waals surface area contributed by atoms with Crippen molar-refractivity contribution in [3.8, 4) is 17.2 Å². The Morgan fingerprint density at radius 3 is 1.94 bits per heavy atom. The number of esters is 1. The molecule has 78 heavy (non-hydrogen) atoms. The maximum absolute atomic E-state index is 15.1. The summed E-state index contributed by atoms with van der Waals surface area (Å²) in [5.74, 6) is -0.783. The molecule has 2 heterocycles. The smallest absolute Gasteiger partial charge is 0.497 e. The molecule has 3 unspecified atom stereocenters. The Hall–Kier alpha value is -6.61. The molecule has 0 bridgehead atoms. The number of nitrogens with one attached hydrogen (secondary N) is 1. The van der Waals surface area contributed by atoms with Gasteiger partial charge in [0.1, 0.15) is 47.8 Å². The molecular formula is C56H62ClN2O17PS. The van der Waals surface area contributed by atoms with E-state index < -0.39 is 95.9 Å². The summed E-state index contributed by atoms with van der Waals surface area (Å²) in [6.07, 6.45) is -2.48. The minimum Gasteiger partial charge on any atom is -0.497 e. The maximum atomic E-state index is 15.1. The van der Waals surface area contributed by atoms with Gasteiger partial charge in [-0.2, -0.15) is 0 Å². The fourth-order valence-corrected chi connectivity index (χ4v) is 11.3. The van der Waals surface area contributed by atoms with Crippen LogP contribution in [0.25, 0.3) is 0 Å². The molecule has 1 fully saturated rings. The molecule has 2 aliphatic heterocycles. The van der Waals surface area contributed by atoms with Gasteiger partial charge in [0.15, 0.2) is 9.84 Å². The molecule has 22 heteroatoms. The number of nitrogens with zero attached hydrogens (tertiary/aromatic N) is 1. The minimum atomic E-state index is -4.82. The van der Waals surface area contributed by atoms with Gasteiger partial charge in [0.05, 0.1) is 75.9 Å². The van der Waals surface area contributed by atoms with Gasteiger partial charge >= 0.3 is 19.9 Å². The van der Waals surface area contributed by atoms with Crippen LogP contribution in [0.1, 0.15) is 49.9 Å². The Labute approximate surface area is 458 Å². The van der Waals surface area contributed by atoms with Crippen molar-refractivity contribution in [1.82, 2.24) is 10.2 Å². The molecule has 2 aliphatic rings. The number of rotatable bonds is 26. The molecule has 19 nitrogen and oxygen atoms in total. The highest BCUT2D eigenvalue weighted by Gasteiger charge is 2.47. The van der Waals surface area contributed by atoms with Crippen LogP contribution in [0.2, 0.25) is 5.02 Å². The van der Waals surface area contributed by atoms with Crippen LogP contribution in [0.5, 0.6) is 17.2 Å². The number of alkyl carbamates (subject to hydrolysis) is 1. The molecule has 5 aromatic rings. The Kier molecular flexibility index (Phi) is 20.0. The Morgan fingerprint density at radius 2 is 1.36 bits per heavy atom. The van der Waals surface area contributed by atoms with E-state index in [4.69, 9.17) is 58.3 Å². The van der Waals surface area contributed by atoms with E-state index in [1.807, 2.05) is 78.9 Å². The number of phosphoric ester groups is 1. The van der Waals surface area contributed by atoms with E-state index in [-0.39, 0.29) is 43.6 Å². The Balaban J connectivity index is 1.13. The van der Waals surface area contributed by atoms with Gasteiger partial charge in [-0.3, -0.25) is 28.3 Å². The zero-order chi connectivity index (χ0) is 56.1. The normalized spacial score (nSPS) is 17.8. The van der Waals surface area contributed by atoms with E-state index in [0.29, 0.717) is 22.1 Å². The van der Waals surface area contributed by atoms with Crippen LogP contribution >= 0.6 is 19.4 Å². The van der Waals surface area contributed by atoms with Crippen molar-refractivity contribution in [3.63, 3.8) is 0 Å². The molecule has 0 spiro atoms. The van der Waals surface area contributed by atoms with E-state index in [1.165, 1.54) is 43.3 Å². The molecular weight excluding hydrogens is 1070 g/mol. The quantitative estimate of drug-likeness (QED) is 0.0180. The second kappa shape index (κ2) is 26.4. The molecule has 3 amide bonds. The van der Waals surface area contributed by atoms with Crippen LogP contribution in [-0.4, -0.2) is 121 Å². The highest BCUT2D eigenvalue weighted by atomic mass is 35.5. The van der Waals surface area contributed by atoms with Crippen molar-refractivity contribution in [1.29, 1.82) is 0 Å². The van der Waals surface area contributed by atoms with Gasteiger partial charge in [-0.1, -0.05) is 78.3 Å². The molecule has 7 rings (SSSR count). The first-order valence-corrected chi connectivity index (χ1v) is 28.3. The van der Waals surface area contributed by atoms with Gasteiger partial charge in [0.25, 0.3) is 11.8 Å². The lowest BCUT2D eigenvalue weighted by Gasteiger charge is -2.36. The Morgan fingerprint density at radius 1 is 0.782 bits per heavy atom. The van der Waals surface area contributed by atoms with Gasteiger partial charge in [-0.25, -0.2) is 17.8 Å². The van der Waals surface area contributed by atoms with Crippen LogP contribution < -0.4 is 19.3 Å². The third kappa shape index (κ3) is 15.4. The predicted molar refractivity (Wildman–Crippen MR) is 286 cm³/mol. The minimum absolute atomic E-state index is 0.0224. The average molecular weight is 1130 g/mol. The number of benzene rings is 5. The molecule has 1 saturated heterocycles. The number of carbonyl (C=O) groups is 4. The summed E-state index contributed by atoms with van der Waals surface area (Å²) in [5.41, 5.74) is 1.09. The molecule has 416 valence electrons. The van der Waals surface area contributed by atoms with E-state index in [2.05, 4.69) is 5.32 Å². The molecule has 0 radical (unpaired) electrons. The fourth-order valence-electron chi connectivity index (χ4n) is 8.29. The van der Waals surface area contributed by atoms with Crippen LogP contribution in [0.4, 0.5) is 4.79 Å². The number of carbonyl (C=O) groups excluding carboxylic acids is 4. The maximum Gasteiger partial charge on any atom is 0.530 e. The second-order valence-corrected chi connectivity index (χ2v) is 23.1. The predicted octanol–water partition coefficient (Wildman–Crippen LogP) is 8.64. The number of methoxy groups -OCH3 is 2. The lowest BCUT2D eigenvalue weighted by Crippen LogP contribution is -2.47. The fraction of sp³-hybridized carbons (Fsp3) is 0.357. The first-order valence-electron chi connectivity index (χ1n) is 24.8. The van der Waals surface area contributed by atoms with Gasteiger partial charge in [0.2, 0.25) is 0 Å². The van der Waals surface area contributed by atoms with Crippen LogP contribution in [0.3, 0.4) is 0 Å². The van der Waals surface area contributed by atoms with Gasteiger partial charge in [0, 0.05) is 17.2 Å². The van der Waals surface area contributed by atoms with Crippen molar-refractivity contribution in [2.24, 2.45) is 5.41 Å². The first-order chi connectivity index (χ1) is 37.2. The number of amides is 3. The summed E-state index contributed by atoms with van der Waals surface area (Å²) < 4.78 is 100. The average Bonchev–Trinajstić information content (AvgIpc) is 4.09. The second-order valence-electron chi connectivity index (χ2n) is 19.1. The van der Waals surface area contributed by atoms with Gasteiger partial charge in [-0.05, 0) is 111 Å². The summed E-state index contributed by atoms with van der Waals surface area (Å²) in [4.78, 5) is 51.5. The summed E-state index contributed by atoms with van der Waals surface area (Å²) in [7, 11) is -5.55. The zero-order valence-electron chi connectivity index (χ0n) is 43.9. The third-order valence-electron chi connectivity index (χ3n) is 12.3. The SMILES string of the molecule is COc1ccc(C(OCc2ccc(OP(=O)(OCCOCCN3C(=O)C=CC3=O)O[C@@H]3C(NC(=O)OC(C)CS(=O)(=O)c4ccc(Cl)cc4)CO[C@@H]3COC(=O)C(C)(C)C)cc2)(c2ccccc2)c2ccc(OC)cc2)cc1. The van der Waals surface area contributed by atoms with Crippen LogP contribution in [-0.2, 0) is 73.7 Å². The van der Waals surface area contributed by atoms with E-state index >= 15 is 4.57 Å². The van der Waals surface area contributed by atoms with Gasteiger partial charge < -0.3 is 43.0 Å². The molecule has 5 aromatic carbocycles. The molecule has 5 atom stereocenters. The topological polar surface area (TPSA) is 227 Å². The van der Waals surface area contributed by atoms with Crippen molar-refractivity contribution >= 4 is 53.1 Å². The molecule has 0 aliphatic carbocycles. The monoisotopic (exact) mass is 1130 g/mol. The summed E-state index contributed by atoms with van der Waals surface area (Å²) in [5, 5.41) is 2.96. The number of hydrogen-bond donors (Lipinski definition) is 1. The van der Waals surface area contributed by atoms with Crippen molar-refractivity contribution in [3.05, 3.63) is 167 Å². The Bertz CT molecular complexity index is 2960. The molecule has 1 N–H and O–H groups in total. The third-order valence-corrected chi connectivity index (χ3v) is 15.9. The zero-order valence-corrected chi connectivity index (χ0v) is 46.3. The number of halogens is 1. The van der Waals surface area contributed by atoms with Crippen molar-refractivity contribution in [2.75, 3.05) is 59.6 Å². The lowest BCUT2D eigenvalue weighted by atomic mass is 9.80. The summed E-state index contributed by atoms with van der Waals surface area (Å²) in [6.45, 7) is 4.99. The number of imide groups is 1. The standard InChI is InChI=1S/C56H62ClN2O17PS/c1-38(37-78(65,66)47-26-18-43(57)19-27-47)74-54(63)58-48-35-70-49(36-71-53(62)55(2,3)4)52(48)76-77(64,73-33-32-69-31-30-59-50(60)28-29-51(59)61)75-46-20-12-39(13-21-46)34-72-56(40-10-8-7-9-11-40,41-14-22-44(67-5)23-15-41)42-16-24-45(68-6)25-17-42/h7-29,38,48-49,52H,30-37H2,1-6H3,(H,58,63)/t38?,48?,49-,52-,77?/m1/s1. The highest BCUT2D eigenvalue weighted by molar-refractivity contribution is 7.91. The lowest BCUT2D eigenvalue weighted by molar-refractivity contribution is -0.157. The van der Waals surface area contributed by atoms with Crippen molar-refractivity contribution in [2.45, 2.75) is 69.2 Å². The van der Waals surface area contributed by atoms with Crippen molar-refractivity contribution < 1.29 is 78.9 Å². The van der Waals surface area contributed by atoms with Crippen LogP contribution in [0.15, 0.2) is 144 Å². The summed E-state index contributed by atoms with van der Waals surface area (Å²) >= 11 is 5.95. The van der Waals surface area contributed by atoms with Gasteiger partial charge in [-0.15, -0.1) is 0 Å². The number of phosphoric acid groups is 1. The largest absolute Gasteiger partial charge is 0.530 e. The molecule has 0 saturated carbocycles. The number of ether oxygens (including phenoxy) is 7. The van der Waals surface area contributed by atoms with E-state index in [9.17, 15) is 27.6 Å². The summed E-state index contributed by atoms with van der Waals surface area (Å²) in [6, 6.07) is 35.8. The number of sulfone groups is 1.